The van der Waals surface area contributed by atoms with E-state index in [1.54, 1.807) is 11.8 Å². The van der Waals surface area contributed by atoms with E-state index in [0.29, 0.717) is 6.54 Å². The zero-order valence-corrected chi connectivity index (χ0v) is 12.7. The lowest BCUT2D eigenvalue weighted by Gasteiger charge is -2.13. The van der Waals surface area contributed by atoms with Gasteiger partial charge in [-0.05, 0) is 51.3 Å². The molecule has 106 valence electrons. The van der Waals surface area contributed by atoms with E-state index in [1.165, 1.54) is 12.8 Å². The monoisotopic (exact) mass is 292 g/mol. The summed E-state index contributed by atoms with van der Waals surface area (Å²) in [7, 11) is -3.06. The molecule has 6 heteroatoms. The molecule has 4 nitrogen and oxygen atoms in total. The fourth-order valence-electron chi connectivity index (χ4n) is 1.92. The van der Waals surface area contributed by atoms with Crippen LogP contribution < -0.4 is 10.0 Å². The lowest BCUT2D eigenvalue weighted by molar-refractivity contribution is 0.571. The molecule has 2 aliphatic carbocycles. The number of thioether (sulfide) groups is 1. The Balaban J connectivity index is 1.55. The quantitative estimate of drug-likeness (QED) is 0.597. The van der Waals surface area contributed by atoms with Gasteiger partial charge in [0, 0.05) is 17.3 Å². The van der Waals surface area contributed by atoms with Gasteiger partial charge in [0.2, 0.25) is 10.0 Å². The molecule has 0 aromatic carbocycles. The summed E-state index contributed by atoms with van der Waals surface area (Å²) >= 11 is 1.78. The summed E-state index contributed by atoms with van der Waals surface area (Å²) in [6.07, 6.45) is 8.62. The average molecular weight is 292 g/mol. The molecular weight excluding hydrogens is 268 g/mol. The smallest absolute Gasteiger partial charge is 0.211 e. The Hall–Kier alpha value is 0.220. The lowest BCUT2D eigenvalue weighted by atomic mass is 10.3. The van der Waals surface area contributed by atoms with Crippen LogP contribution >= 0.6 is 11.8 Å². The van der Waals surface area contributed by atoms with Gasteiger partial charge in [0.25, 0.3) is 0 Å². The number of unbranched alkanes of at least 4 members (excludes halogenated alkanes) is 1. The number of nitrogens with one attached hydrogen (secondary N) is 2. The van der Waals surface area contributed by atoms with Gasteiger partial charge in [0.1, 0.15) is 0 Å². The Morgan fingerprint density at radius 2 is 2.00 bits per heavy atom. The van der Waals surface area contributed by atoms with Crippen molar-refractivity contribution in [2.24, 2.45) is 0 Å². The fourth-order valence-corrected chi connectivity index (χ4v) is 3.96. The molecule has 0 atom stereocenters. The van der Waals surface area contributed by atoms with Crippen LogP contribution in [0.1, 0.15) is 38.5 Å². The summed E-state index contributed by atoms with van der Waals surface area (Å²) in [6.45, 7) is 1.56. The molecule has 0 amide bonds. The number of hydrogen-bond acceptors (Lipinski definition) is 4. The van der Waals surface area contributed by atoms with Crippen LogP contribution in [0.4, 0.5) is 0 Å². The van der Waals surface area contributed by atoms with E-state index in [2.05, 4.69) is 16.3 Å². The minimum absolute atomic E-state index is 0.209. The molecule has 2 fully saturated rings. The SMILES string of the molecule is CSC1(CNS(=O)(=O)CCCCNC2CC2)CC1. The van der Waals surface area contributed by atoms with Crippen molar-refractivity contribution in [3.63, 3.8) is 0 Å². The summed E-state index contributed by atoms with van der Waals surface area (Å²) < 4.78 is 26.5. The van der Waals surface area contributed by atoms with Crippen molar-refractivity contribution < 1.29 is 8.42 Å². The maximum atomic E-state index is 11.8. The number of hydrogen-bond donors (Lipinski definition) is 2. The van der Waals surface area contributed by atoms with E-state index < -0.39 is 10.0 Å². The van der Waals surface area contributed by atoms with Crippen molar-refractivity contribution in [2.75, 3.05) is 25.1 Å². The maximum Gasteiger partial charge on any atom is 0.211 e. The maximum absolute atomic E-state index is 11.8. The summed E-state index contributed by atoms with van der Waals surface area (Å²) in [6, 6.07) is 0.719. The molecule has 2 N–H and O–H groups in total. The first-order valence-electron chi connectivity index (χ1n) is 6.81. The second kappa shape index (κ2) is 6.11. The van der Waals surface area contributed by atoms with Gasteiger partial charge in [-0.2, -0.15) is 11.8 Å². The molecule has 2 aliphatic rings. The van der Waals surface area contributed by atoms with Gasteiger partial charge in [-0.25, -0.2) is 13.1 Å². The second-order valence-corrected chi connectivity index (χ2v) is 8.66. The summed E-state index contributed by atoms with van der Waals surface area (Å²) in [5, 5.41) is 3.40. The zero-order chi connectivity index (χ0) is 13.1. The standard InChI is InChI=1S/C12H24N2O2S2/c1-17-12(6-7-12)10-14-18(15,16)9-3-2-8-13-11-4-5-11/h11,13-14H,2-10H2,1H3. The van der Waals surface area contributed by atoms with Crippen LogP contribution in [0.2, 0.25) is 0 Å². The van der Waals surface area contributed by atoms with Gasteiger partial charge in [-0.3, -0.25) is 0 Å². The molecule has 18 heavy (non-hydrogen) atoms. The van der Waals surface area contributed by atoms with Crippen molar-refractivity contribution in [3.8, 4) is 0 Å². The van der Waals surface area contributed by atoms with E-state index in [-0.39, 0.29) is 10.5 Å². The first-order chi connectivity index (χ1) is 8.55. The third kappa shape index (κ3) is 5.07. The Morgan fingerprint density at radius 1 is 1.28 bits per heavy atom. The minimum atomic E-state index is -3.06. The van der Waals surface area contributed by atoms with Crippen molar-refractivity contribution in [1.29, 1.82) is 0 Å². The average Bonchev–Trinajstić information content (AvgIpc) is 3.22. The van der Waals surface area contributed by atoms with Gasteiger partial charge in [0.15, 0.2) is 0 Å². The second-order valence-electron chi connectivity index (χ2n) is 5.46. The molecule has 2 rings (SSSR count). The molecule has 0 unspecified atom stereocenters. The van der Waals surface area contributed by atoms with Crippen LogP contribution in [-0.4, -0.2) is 44.3 Å². The Kier molecular flexibility index (Phi) is 4.97. The van der Waals surface area contributed by atoms with Gasteiger partial charge >= 0.3 is 0 Å². The molecule has 0 aromatic heterocycles. The van der Waals surface area contributed by atoms with Crippen LogP contribution in [0.15, 0.2) is 0 Å². The summed E-state index contributed by atoms with van der Waals surface area (Å²) in [5.74, 6) is 0.268. The molecule has 0 bridgehead atoms. The van der Waals surface area contributed by atoms with Crippen LogP contribution in [0.25, 0.3) is 0 Å². The van der Waals surface area contributed by atoms with Gasteiger partial charge in [-0.15, -0.1) is 0 Å². The molecule has 0 heterocycles. The molecule has 0 spiro atoms. The molecule has 2 saturated carbocycles. The van der Waals surface area contributed by atoms with E-state index in [0.717, 1.165) is 38.3 Å². The molecule has 0 aromatic rings. The van der Waals surface area contributed by atoms with Crippen molar-refractivity contribution >= 4 is 21.8 Å². The first kappa shape index (κ1) is 14.6. The highest BCUT2D eigenvalue weighted by molar-refractivity contribution is 8.00. The Labute approximate surface area is 115 Å². The Bertz CT molecular complexity index is 362. The zero-order valence-electron chi connectivity index (χ0n) is 11.1. The lowest BCUT2D eigenvalue weighted by Crippen LogP contribution is -2.33. The first-order valence-corrected chi connectivity index (χ1v) is 9.69. The van der Waals surface area contributed by atoms with Gasteiger partial charge in [0.05, 0.1) is 5.75 Å². The van der Waals surface area contributed by atoms with E-state index in [4.69, 9.17) is 0 Å². The molecule has 0 radical (unpaired) electrons. The predicted molar refractivity (Wildman–Crippen MR) is 77.5 cm³/mol. The predicted octanol–water partition coefficient (Wildman–Crippen LogP) is 1.33. The molecule has 0 saturated heterocycles. The summed E-state index contributed by atoms with van der Waals surface area (Å²) in [4.78, 5) is 0. The number of rotatable bonds is 10. The summed E-state index contributed by atoms with van der Waals surface area (Å²) in [5.41, 5.74) is 0. The molecule has 0 aliphatic heterocycles. The van der Waals surface area contributed by atoms with Crippen molar-refractivity contribution in [2.45, 2.75) is 49.3 Å². The topological polar surface area (TPSA) is 58.2 Å². The van der Waals surface area contributed by atoms with Crippen molar-refractivity contribution in [1.82, 2.24) is 10.0 Å². The van der Waals surface area contributed by atoms with Gasteiger partial charge < -0.3 is 5.32 Å². The van der Waals surface area contributed by atoms with Crippen LogP contribution in [0.5, 0.6) is 0 Å². The fraction of sp³-hybridized carbons (Fsp3) is 1.00. The van der Waals surface area contributed by atoms with E-state index >= 15 is 0 Å². The largest absolute Gasteiger partial charge is 0.314 e. The van der Waals surface area contributed by atoms with Gasteiger partial charge in [-0.1, -0.05) is 0 Å². The normalized spacial score (nSPS) is 22.1. The minimum Gasteiger partial charge on any atom is -0.314 e. The highest BCUT2D eigenvalue weighted by Crippen LogP contribution is 2.46. The highest BCUT2D eigenvalue weighted by atomic mass is 32.2. The molecular formula is C12H24N2O2S2. The third-order valence-corrected chi connectivity index (χ3v) is 6.53. The van der Waals surface area contributed by atoms with Crippen LogP contribution in [0, 0.1) is 0 Å². The Morgan fingerprint density at radius 3 is 2.56 bits per heavy atom. The van der Waals surface area contributed by atoms with Crippen molar-refractivity contribution in [3.05, 3.63) is 0 Å². The highest BCUT2D eigenvalue weighted by Gasteiger charge is 2.42. The third-order valence-electron chi connectivity index (χ3n) is 3.71. The van der Waals surface area contributed by atoms with Crippen LogP contribution in [-0.2, 0) is 10.0 Å². The van der Waals surface area contributed by atoms with E-state index in [1.807, 2.05) is 0 Å². The van der Waals surface area contributed by atoms with E-state index in [9.17, 15) is 8.42 Å². The number of sulfonamides is 1. The van der Waals surface area contributed by atoms with Crippen LogP contribution in [0.3, 0.4) is 0 Å².